The van der Waals surface area contributed by atoms with Gasteiger partial charge in [-0.05, 0) is 12.8 Å². The first-order valence-electron chi connectivity index (χ1n) is 5.13. The Labute approximate surface area is 79.7 Å². The van der Waals surface area contributed by atoms with E-state index >= 15 is 0 Å². The van der Waals surface area contributed by atoms with E-state index in [9.17, 15) is 10.2 Å². The van der Waals surface area contributed by atoms with Gasteiger partial charge < -0.3 is 14.9 Å². The maximum Gasteiger partial charge on any atom is 0.106 e. The normalized spacial score (nSPS) is 46.4. The first-order chi connectivity index (χ1) is 6.11. The van der Waals surface area contributed by atoms with Crippen molar-refractivity contribution in [3.8, 4) is 0 Å². The van der Waals surface area contributed by atoms with E-state index in [1.54, 1.807) is 0 Å². The third-order valence-corrected chi connectivity index (χ3v) is 3.01. The molecular formula is C10H20O3. The van der Waals surface area contributed by atoms with Crippen LogP contribution in [0.2, 0.25) is 0 Å². The highest BCUT2D eigenvalue weighted by Crippen LogP contribution is 2.28. The number of rotatable bonds is 2. The Morgan fingerprint density at radius 2 is 1.54 bits per heavy atom. The second-order valence-electron chi connectivity index (χ2n) is 3.87. The van der Waals surface area contributed by atoms with Crippen molar-refractivity contribution in [2.24, 2.45) is 5.92 Å². The predicted octanol–water partition coefficient (Wildman–Crippen LogP) is 0.932. The van der Waals surface area contributed by atoms with Crippen LogP contribution in [0.25, 0.3) is 0 Å². The van der Waals surface area contributed by atoms with Crippen molar-refractivity contribution < 1.29 is 14.9 Å². The van der Waals surface area contributed by atoms with Crippen LogP contribution in [0.4, 0.5) is 0 Å². The fourth-order valence-corrected chi connectivity index (χ4v) is 1.99. The summed E-state index contributed by atoms with van der Waals surface area (Å²) in [7, 11) is 0. The summed E-state index contributed by atoms with van der Waals surface area (Å²) < 4.78 is 5.67. The molecule has 0 saturated carbocycles. The third kappa shape index (κ3) is 2.03. The van der Waals surface area contributed by atoms with Crippen molar-refractivity contribution in [3.63, 3.8) is 0 Å². The minimum atomic E-state index is -0.720. The van der Waals surface area contributed by atoms with Gasteiger partial charge in [-0.25, -0.2) is 0 Å². The Kier molecular flexibility index (Phi) is 3.71. The first-order valence-corrected chi connectivity index (χ1v) is 5.13. The Morgan fingerprint density at radius 1 is 1.00 bits per heavy atom. The topological polar surface area (TPSA) is 49.7 Å². The summed E-state index contributed by atoms with van der Waals surface area (Å²) in [5.41, 5.74) is 0. The van der Waals surface area contributed by atoms with Crippen LogP contribution in [0, 0.1) is 5.92 Å². The first kappa shape index (κ1) is 11.0. The van der Waals surface area contributed by atoms with Crippen LogP contribution in [0.15, 0.2) is 0 Å². The van der Waals surface area contributed by atoms with Gasteiger partial charge in [0.25, 0.3) is 0 Å². The van der Waals surface area contributed by atoms with Crippen molar-refractivity contribution in [2.75, 3.05) is 0 Å². The lowest BCUT2D eigenvalue weighted by Gasteiger charge is -2.41. The molecule has 1 aliphatic heterocycles. The zero-order valence-electron chi connectivity index (χ0n) is 8.60. The van der Waals surface area contributed by atoms with Gasteiger partial charge in [-0.3, -0.25) is 0 Å². The molecule has 0 amide bonds. The van der Waals surface area contributed by atoms with Crippen LogP contribution >= 0.6 is 0 Å². The number of hydrogen-bond donors (Lipinski definition) is 2. The van der Waals surface area contributed by atoms with E-state index in [1.165, 1.54) is 0 Å². The van der Waals surface area contributed by atoms with Crippen molar-refractivity contribution in [1.82, 2.24) is 0 Å². The summed E-state index contributed by atoms with van der Waals surface area (Å²) in [6.45, 7) is 5.93. The average molecular weight is 188 g/mol. The van der Waals surface area contributed by atoms with E-state index in [0.29, 0.717) is 0 Å². The highest BCUT2D eigenvalue weighted by Gasteiger charge is 2.40. The molecule has 0 spiro atoms. The van der Waals surface area contributed by atoms with E-state index < -0.39 is 12.2 Å². The zero-order valence-corrected chi connectivity index (χ0v) is 8.60. The second kappa shape index (κ2) is 4.40. The minimum Gasteiger partial charge on any atom is -0.390 e. The lowest BCUT2D eigenvalue weighted by molar-refractivity contribution is -0.196. The van der Waals surface area contributed by atoms with E-state index in [0.717, 1.165) is 12.8 Å². The molecule has 1 fully saturated rings. The monoisotopic (exact) mass is 188 g/mol. The van der Waals surface area contributed by atoms with Gasteiger partial charge in [0, 0.05) is 5.92 Å². The van der Waals surface area contributed by atoms with Crippen LogP contribution in [0.3, 0.4) is 0 Å². The van der Waals surface area contributed by atoms with Gasteiger partial charge in [0.1, 0.15) is 6.10 Å². The molecule has 3 nitrogen and oxygen atoms in total. The van der Waals surface area contributed by atoms with Crippen molar-refractivity contribution in [1.29, 1.82) is 0 Å². The summed E-state index contributed by atoms with van der Waals surface area (Å²) in [4.78, 5) is 0. The van der Waals surface area contributed by atoms with Crippen LogP contribution in [-0.2, 0) is 4.74 Å². The maximum atomic E-state index is 9.72. The Balaban J connectivity index is 2.66. The molecule has 1 heterocycles. The van der Waals surface area contributed by atoms with Crippen molar-refractivity contribution >= 4 is 0 Å². The fourth-order valence-electron chi connectivity index (χ4n) is 1.99. The molecule has 0 aromatic carbocycles. The van der Waals surface area contributed by atoms with E-state index in [1.807, 2.05) is 20.8 Å². The fraction of sp³-hybridized carbons (Fsp3) is 1.00. The SMILES string of the molecule is CCC1OC(CC)C(O)C(O)C1C. The average Bonchev–Trinajstić information content (AvgIpc) is 2.15. The summed E-state index contributed by atoms with van der Waals surface area (Å²) in [5, 5.41) is 19.4. The molecule has 13 heavy (non-hydrogen) atoms. The molecule has 0 bridgehead atoms. The van der Waals surface area contributed by atoms with E-state index in [-0.39, 0.29) is 18.1 Å². The lowest BCUT2D eigenvalue weighted by atomic mass is 9.86. The molecule has 0 aliphatic carbocycles. The predicted molar refractivity (Wildman–Crippen MR) is 50.4 cm³/mol. The van der Waals surface area contributed by atoms with Gasteiger partial charge in [-0.2, -0.15) is 0 Å². The molecule has 0 aromatic rings. The van der Waals surface area contributed by atoms with Gasteiger partial charge in [0.05, 0.1) is 18.3 Å². The zero-order chi connectivity index (χ0) is 10.0. The highest BCUT2D eigenvalue weighted by atomic mass is 16.5. The third-order valence-electron chi connectivity index (χ3n) is 3.01. The number of ether oxygens (including phenoxy) is 1. The molecule has 1 aliphatic rings. The highest BCUT2D eigenvalue weighted by molar-refractivity contribution is 4.88. The van der Waals surface area contributed by atoms with Crippen LogP contribution in [0.1, 0.15) is 33.6 Å². The standard InChI is InChI=1S/C10H20O3/c1-4-7-6(3)9(11)10(12)8(5-2)13-7/h6-12H,4-5H2,1-3H3. The molecule has 0 aromatic heterocycles. The maximum absolute atomic E-state index is 9.72. The molecule has 78 valence electrons. The Hall–Kier alpha value is -0.120. The van der Waals surface area contributed by atoms with E-state index in [4.69, 9.17) is 4.74 Å². The summed E-state index contributed by atoms with van der Waals surface area (Å²) in [6.07, 6.45) is 0.175. The largest absolute Gasteiger partial charge is 0.390 e. The Morgan fingerprint density at radius 3 is 2.00 bits per heavy atom. The molecule has 0 radical (unpaired) electrons. The molecule has 5 unspecified atom stereocenters. The van der Waals surface area contributed by atoms with Gasteiger partial charge in [-0.1, -0.05) is 20.8 Å². The van der Waals surface area contributed by atoms with Crippen LogP contribution < -0.4 is 0 Å². The lowest BCUT2D eigenvalue weighted by Crippen LogP contribution is -2.52. The van der Waals surface area contributed by atoms with Gasteiger partial charge in [0.15, 0.2) is 0 Å². The van der Waals surface area contributed by atoms with Crippen LogP contribution in [0.5, 0.6) is 0 Å². The molecule has 2 N–H and O–H groups in total. The number of aliphatic hydroxyl groups is 2. The van der Waals surface area contributed by atoms with Gasteiger partial charge in [0.2, 0.25) is 0 Å². The second-order valence-corrected chi connectivity index (χ2v) is 3.87. The molecule has 1 saturated heterocycles. The number of hydrogen-bond acceptors (Lipinski definition) is 3. The number of aliphatic hydroxyl groups excluding tert-OH is 2. The quantitative estimate of drug-likeness (QED) is 0.678. The van der Waals surface area contributed by atoms with Crippen molar-refractivity contribution in [3.05, 3.63) is 0 Å². The van der Waals surface area contributed by atoms with Crippen LogP contribution in [-0.4, -0.2) is 34.6 Å². The summed E-state index contributed by atoms with van der Waals surface area (Å²) in [6, 6.07) is 0. The summed E-state index contributed by atoms with van der Waals surface area (Å²) in [5.74, 6) is 0.0304. The summed E-state index contributed by atoms with van der Waals surface area (Å²) >= 11 is 0. The minimum absolute atomic E-state index is 0.0304. The molecule has 3 heteroatoms. The molecule has 1 rings (SSSR count). The smallest absolute Gasteiger partial charge is 0.106 e. The molecule has 5 atom stereocenters. The van der Waals surface area contributed by atoms with Gasteiger partial charge in [-0.15, -0.1) is 0 Å². The van der Waals surface area contributed by atoms with Gasteiger partial charge >= 0.3 is 0 Å². The van der Waals surface area contributed by atoms with Crippen molar-refractivity contribution in [2.45, 2.75) is 58.0 Å². The molecular weight excluding hydrogens is 168 g/mol. The Bertz CT molecular complexity index is 140. The van der Waals surface area contributed by atoms with E-state index in [2.05, 4.69) is 0 Å².